The molecule has 2 unspecified atom stereocenters. The fourth-order valence-corrected chi connectivity index (χ4v) is 3.75. The number of hydrogen-bond donors (Lipinski definition) is 0. The van der Waals surface area contributed by atoms with Gasteiger partial charge in [-0.25, -0.2) is 4.98 Å². The molecule has 2 atom stereocenters. The van der Waals surface area contributed by atoms with Crippen LogP contribution < -0.4 is 4.90 Å². The molecule has 1 aromatic heterocycles. The highest BCUT2D eigenvalue weighted by molar-refractivity contribution is 9.10. The van der Waals surface area contributed by atoms with Crippen molar-refractivity contribution in [2.45, 2.75) is 6.92 Å². The van der Waals surface area contributed by atoms with Gasteiger partial charge in [-0.15, -0.1) is 0 Å². The number of rotatable bonds is 1. The summed E-state index contributed by atoms with van der Waals surface area (Å²) in [5.41, 5.74) is 0.559. The van der Waals surface area contributed by atoms with Gasteiger partial charge in [-0.1, -0.05) is 6.92 Å². The van der Waals surface area contributed by atoms with Crippen LogP contribution >= 0.6 is 15.9 Å². The Balaban J connectivity index is 2.30. The van der Waals surface area contributed by atoms with Gasteiger partial charge in [0.2, 0.25) is 0 Å². The third kappa shape index (κ3) is 3.09. The first-order valence-electron chi connectivity index (χ1n) is 5.75. The largest absolute Gasteiger partial charge is 0.354 e. The van der Waals surface area contributed by atoms with Crippen LogP contribution in [0, 0.1) is 17.2 Å². The predicted molar refractivity (Wildman–Crippen MR) is 75.9 cm³/mol. The first-order chi connectivity index (χ1) is 8.60. The smallest absolute Gasteiger partial charge is 0.146 e. The molecule has 0 aromatic carbocycles. The van der Waals surface area contributed by atoms with Gasteiger partial charge in [0.25, 0.3) is 0 Å². The molecule has 4 nitrogen and oxygen atoms in total. The van der Waals surface area contributed by atoms with Crippen LogP contribution in [0.3, 0.4) is 0 Å². The first kappa shape index (κ1) is 13.5. The molecule has 0 spiro atoms. The third-order valence-corrected chi connectivity index (χ3v) is 4.86. The van der Waals surface area contributed by atoms with Crippen molar-refractivity contribution in [1.29, 1.82) is 5.26 Å². The zero-order valence-electron chi connectivity index (χ0n) is 10.1. The molecule has 0 amide bonds. The second-order valence-electron chi connectivity index (χ2n) is 4.50. The van der Waals surface area contributed by atoms with Crippen LogP contribution in [0.15, 0.2) is 16.7 Å². The van der Waals surface area contributed by atoms with Gasteiger partial charge in [-0.05, 0) is 27.9 Å². The summed E-state index contributed by atoms with van der Waals surface area (Å²) in [6, 6.07) is 3.94. The van der Waals surface area contributed by atoms with E-state index in [1.54, 1.807) is 12.3 Å². The van der Waals surface area contributed by atoms with Crippen LogP contribution in [0.5, 0.6) is 0 Å². The SMILES string of the molecule is CC1CN(c2ncc(Br)cc2C#N)CCS(=O)C1. The van der Waals surface area contributed by atoms with Gasteiger partial charge in [-0.2, -0.15) is 5.26 Å². The van der Waals surface area contributed by atoms with E-state index in [-0.39, 0.29) is 0 Å². The Hall–Kier alpha value is -0.930. The van der Waals surface area contributed by atoms with Crippen LogP contribution in [0.2, 0.25) is 0 Å². The van der Waals surface area contributed by atoms with Gasteiger partial charge in [0, 0.05) is 46.1 Å². The zero-order valence-corrected chi connectivity index (χ0v) is 12.5. The van der Waals surface area contributed by atoms with Gasteiger partial charge in [0.15, 0.2) is 0 Å². The van der Waals surface area contributed by atoms with Crippen LogP contribution in [0.25, 0.3) is 0 Å². The summed E-state index contributed by atoms with van der Waals surface area (Å²) in [4.78, 5) is 6.40. The van der Waals surface area contributed by atoms with E-state index in [2.05, 4.69) is 38.8 Å². The number of hydrogen-bond acceptors (Lipinski definition) is 4. The van der Waals surface area contributed by atoms with Crippen molar-refractivity contribution in [3.8, 4) is 6.07 Å². The minimum Gasteiger partial charge on any atom is -0.354 e. The second-order valence-corrected chi connectivity index (χ2v) is 7.04. The monoisotopic (exact) mass is 327 g/mol. The van der Waals surface area contributed by atoms with E-state index in [9.17, 15) is 4.21 Å². The molecule has 0 radical (unpaired) electrons. The second kappa shape index (κ2) is 5.81. The Morgan fingerprint density at radius 1 is 1.67 bits per heavy atom. The summed E-state index contributed by atoms with van der Waals surface area (Å²) in [5, 5.41) is 9.16. The normalized spacial score (nSPS) is 24.4. The Morgan fingerprint density at radius 2 is 2.44 bits per heavy atom. The summed E-state index contributed by atoms with van der Waals surface area (Å²) in [5.74, 6) is 2.43. The molecule has 0 bridgehead atoms. The van der Waals surface area contributed by atoms with E-state index >= 15 is 0 Å². The van der Waals surface area contributed by atoms with E-state index in [1.165, 1.54) is 0 Å². The molecule has 0 N–H and O–H groups in total. The lowest BCUT2D eigenvalue weighted by Crippen LogP contribution is -2.30. The zero-order chi connectivity index (χ0) is 13.1. The molecule has 2 heterocycles. The lowest BCUT2D eigenvalue weighted by Gasteiger charge is -2.24. The fourth-order valence-electron chi connectivity index (χ4n) is 2.09. The molecule has 18 heavy (non-hydrogen) atoms. The first-order valence-corrected chi connectivity index (χ1v) is 8.04. The summed E-state index contributed by atoms with van der Waals surface area (Å²) in [6.07, 6.45) is 1.70. The van der Waals surface area contributed by atoms with Gasteiger partial charge >= 0.3 is 0 Å². The van der Waals surface area contributed by atoms with Crippen LogP contribution in [-0.4, -0.2) is 33.8 Å². The molecule has 0 aliphatic carbocycles. The summed E-state index contributed by atoms with van der Waals surface area (Å²) < 4.78 is 12.5. The van der Waals surface area contributed by atoms with Crippen LogP contribution in [0.1, 0.15) is 12.5 Å². The molecule has 2 rings (SSSR count). The number of anilines is 1. The Morgan fingerprint density at radius 3 is 3.17 bits per heavy atom. The van der Waals surface area contributed by atoms with E-state index in [0.717, 1.165) is 16.8 Å². The molecule has 96 valence electrons. The number of nitriles is 1. The standard InChI is InChI=1S/C12H14BrN3OS/c1-9-7-16(2-3-18(17)8-9)12-10(5-14)4-11(13)6-15-12/h4,6,9H,2-3,7-8H2,1H3. The molecule has 0 saturated carbocycles. The number of nitrogens with zero attached hydrogens (tertiary/aromatic N) is 3. The van der Waals surface area contributed by atoms with Gasteiger partial charge < -0.3 is 4.90 Å². The summed E-state index contributed by atoms with van der Waals surface area (Å²) in [6.45, 7) is 3.58. The van der Waals surface area contributed by atoms with Crippen LogP contribution in [0.4, 0.5) is 5.82 Å². The quantitative estimate of drug-likeness (QED) is 0.790. The van der Waals surface area contributed by atoms with Crippen molar-refractivity contribution in [2.24, 2.45) is 5.92 Å². The third-order valence-electron chi connectivity index (χ3n) is 2.84. The highest BCUT2D eigenvalue weighted by atomic mass is 79.9. The van der Waals surface area contributed by atoms with E-state index in [1.807, 2.05) is 0 Å². The maximum absolute atomic E-state index is 11.7. The highest BCUT2D eigenvalue weighted by Crippen LogP contribution is 2.23. The highest BCUT2D eigenvalue weighted by Gasteiger charge is 2.21. The number of aromatic nitrogens is 1. The molecule has 1 aliphatic rings. The Kier molecular flexibility index (Phi) is 4.36. The molecule has 1 aromatic rings. The minimum atomic E-state index is -0.757. The Bertz CT molecular complexity index is 515. The van der Waals surface area contributed by atoms with E-state index in [4.69, 9.17) is 5.26 Å². The molecule has 6 heteroatoms. The van der Waals surface area contributed by atoms with Crippen molar-refractivity contribution >= 4 is 32.5 Å². The Labute approximate surface area is 118 Å². The predicted octanol–water partition coefficient (Wildman–Crippen LogP) is 1.92. The molecular weight excluding hydrogens is 314 g/mol. The van der Waals surface area contributed by atoms with Gasteiger partial charge in [0.1, 0.15) is 11.9 Å². The molecule has 1 saturated heterocycles. The van der Waals surface area contributed by atoms with Crippen molar-refractivity contribution in [1.82, 2.24) is 4.98 Å². The van der Waals surface area contributed by atoms with E-state index in [0.29, 0.717) is 29.6 Å². The molecular formula is C12H14BrN3OS. The average molecular weight is 328 g/mol. The summed E-state index contributed by atoms with van der Waals surface area (Å²) >= 11 is 3.32. The molecule has 1 aliphatic heterocycles. The van der Waals surface area contributed by atoms with Crippen molar-refractivity contribution < 1.29 is 4.21 Å². The lowest BCUT2D eigenvalue weighted by molar-refractivity contribution is 0.626. The fraction of sp³-hybridized carbons (Fsp3) is 0.500. The average Bonchev–Trinajstić information content (AvgIpc) is 2.50. The topological polar surface area (TPSA) is 57.0 Å². The van der Waals surface area contributed by atoms with Crippen LogP contribution in [-0.2, 0) is 10.8 Å². The lowest BCUT2D eigenvalue weighted by atomic mass is 10.2. The van der Waals surface area contributed by atoms with Gasteiger partial charge in [0.05, 0.1) is 5.56 Å². The number of halogens is 1. The molecule has 1 fully saturated rings. The van der Waals surface area contributed by atoms with Crippen molar-refractivity contribution in [2.75, 3.05) is 29.5 Å². The van der Waals surface area contributed by atoms with E-state index < -0.39 is 10.8 Å². The van der Waals surface area contributed by atoms with Crippen molar-refractivity contribution in [3.05, 3.63) is 22.3 Å². The van der Waals surface area contributed by atoms with Gasteiger partial charge in [-0.3, -0.25) is 4.21 Å². The maximum Gasteiger partial charge on any atom is 0.146 e. The van der Waals surface area contributed by atoms with Crippen molar-refractivity contribution in [3.63, 3.8) is 0 Å². The maximum atomic E-state index is 11.7. The minimum absolute atomic E-state index is 0.352. The summed E-state index contributed by atoms with van der Waals surface area (Å²) in [7, 11) is -0.757. The number of pyridine rings is 1.